The molecule has 0 unspecified atom stereocenters. The Morgan fingerprint density at radius 3 is 2.56 bits per heavy atom. The lowest BCUT2D eigenvalue weighted by Crippen LogP contribution is -2.44. The summed E-state index contributed by atoms with van der Waals surface area (Å²) in [5.41, 5.74) is 0. The number of amides is 1. The van der Waals surface area contributed by atoms with Gasteiger partial charge in [0.15, 0.2) is 0 Å². The maximum Gasteiger partial charge on any atom is 0.407 e. The Balaban J connectivity index is 2.28. The molecular weight excluding hydrogens is 279 g/mol. The number of alkyl halides is 4. The fourth-order valence-electron chi connectivity index (χ4n) is 1.59. The van der Waals surface area contributed by atoms with Gasteiger partial charge in [0.2, 0.25) is 3.79 Å². The zero-order valence-electron chi connectivity index (χ0n) is 8.52. The summed E-state index contributed by atoms with van der Waals surface area (Å²) in [6, 6.07) is -0.489. The summed E-state index contributed by atoms with van der Waals surface area (Å²) in [7, 11) is 0. The largest absolute Gasteiger partial charge is 0.445 e. The van der Waals surface area contributed by atoms with Crippen molar-refractivity contribution in [1.29, 1.82) is 0 Å². The first-order chi connectivity index (χ1) is 7.38. The number of carbonyl (C=O) groups excluding carboxylic acids is 1. The molecule has 0 heterocycles. The first kappa shape index (κ1) is 14.1. The van der Waals surface area contributed by atoms with Crippen molar-refractivity contribution < 1.29 is 13.9 Å². The molecule has 3 nitrogen and oxygen atoms in total. The van der Waals surface area contributed by atoms with E-state index in [0.717, 1.165) is 12.8 Å². The normalized spacial score (nSPS) is 26.2. The van der Waals surface area contributed by atoms with Gasteiger partial charge in [-0.05, 0) is 12.8 Å². The van der Waals surface area contributed by atoms with Crippen molar-refractivity contribution in [2.45, 2.75) is 41.7 Å². The Labute approximate surface area is 109 Å². The van der Waals surface area contributed by atoms with Crippen LogP contribution in [-0.4, -0.2) is 28.7 Å². The minimum Gasteiger partial charge on any atom is -0.445 e. The van der Waals surface area contributed by atoms with Crippen LogP contribution in [0.5, 0.6) is 0 Å². The zero-order chi connectivity index (χ0) is 12.2. The predicted molar refractivity (Wildman–Crippen MR) is 61.9 cm³/mol. The molecule has 1 saturated carbocycles. The fraction of sp³-hybridized carbons (Fsp3) is 0.889. The molecule has 7 heteroatoms. The van der Waals surface area contributed by atoms with Crippen molar-refractivity contribution in [3.8, 4) is 0 Å². The highest BCUT2D eigenvalue weighted by Crippen LogP contribution is 2.26. The van der Waals surface area contributed by atoms with Gasteiger partial charge in [-0.25, -0.2) is 9.18 Å². The van der Waals surface area contributed by atoms with E-state index in [0.29, 0.717) is 12.8 Å². The lowest BCUT2D eigenvalue weighted by Gasteiger charge is -2.26. The van der Waals surface area contributed by atoms with Crippen molar-refractivity contribution in [1.82, 2.24) is 5.32 Å². The van der Waals surface area contributed by atoms with Crippen molar-refractivity contribution in [2.75, 3.05) is 6.61 Å². The van der Waals surface area contributed by atoms with Gasteiger partial charge in [0.05, 0.1) is 6.04 Å². The highest BCUT2D eigenvalue weighted by atomic mass is 35.6. The third-order valence-corrected chi connectivity index (χ3v) is 2.68. The lowest BCUT2D eigenvalue weighted by molar-refractivity contribution is 0.126. The van der Waals surface area contributed by atoms with Gasteiger partial charge in [-0.2, -0.15) is 0 Å². The van der Waals surface area contributed by atoms with Crippen LogP contribution in [0.25, 0.3) is 0 Å². The second-order valence-electron chi connectivity index (χ2n) is 3.74. The first-order valence-corrected chi connectivity index (χ1v) is 6.16. The van der Waals surface area contributed by atoms with E-state index < -0.39 is 22.1 Å². The highest BCUT2D eigenvalue weighted by Gasteiger charge is 2.28. The molecule has 0 aromatic heterocycles. The van der Waals surface area contributed by atoms with E-state index in [1.54, 1.807) is 0 Å². The second kappa shape index (κ2) is 6.12. The fourth-order valence-corrected chi connectivity index (χ4v) is 1.75. The van der Waals surface area contributed by atoms with E-state index in [1.165, 1.54) is 0 Å². The van der Waals surface area contributed by atoms with Crippen LogP contribution in [-0.2, 0) is 4.74 Å². The molecule has 1 rings (SSSR count). The molecule has 0 aromatic carbocycles. The monoisotopic (exact) mass is 291 g/mol. The molecule has 0 saturated heterocycles. The van der Waals surface area contributed by atoms with E-state index in [-0.39, 0.29) is 6.61 Å². The van der Waals surface area contributed by atoms with Crippen molar-refractivity contribution >= 4 is 40.9 Å². The third-order valence-electron chi connectivity index (χ3n) is 2.35. The van der Waals surface area contributed by atoms with Crippen LogP contribution in [0.2, 0.25) is 0 Å². The van der Waals surface area contributed by atoms with E-state index in [1.807, 2.05) is 0 Å². The average molecular weight is 293 g/mol. The summed E-state index contributed by atoms with van der Waals surface area (Å²) < 4.78 is 16.3. The molecule has 94 valence electrons. The van der Waals surface area contributed by atoms with Crippen LogP contribution in [0.15, 0.2) is 0 Å². The molecular formula is C9H13Cl3FNO2. The molecule has 1 aliphatic rings. The summed E-state index contributed by atoms with van der Waals surface area (Å²) >= 11 is 16.2. The Morgan fingerprint density at radius 1 is 1.38 bits per heavy atom. The number of halogens is 4. The Morgan fingerprint density at radius 2 is 2.00 bits per heavy atom. The van der Waals surface area contributed by atoms with Gasteiger partial charge in [0.1, 0.15) is 12.8 Å². The molecule has 16 heavy (non-hydrogen) atoms. The topological polar surface area (TPSA) is 38.3 Å². The molecule has 1 aliphatic carbocycles. The minimum atomic E-state index is -1.64. The van der Waals surface area contributed by atoms with Crippen LogP contribution in [0, 0.1) is 0 Å². The standard InChI is InChI=1S/C9H13Cl3FNO2/c10-9(11,12)5-16-8(15)14-7-4-2-1-3-6(7)13/h6-7H,1-5H2,(H,14,15)/t6-,7+/m0/s1. The van der Waals surface area contributed by atoms with Crippen LogP contribution >= 0.6 is 34.8 Å². The predicted octanol–water partition coefficient (Wildman–Crippen LogP) is 3.36. The van der Waals surface area contributed by atoms with E-state index >= 15 is 0 Å². The lowest BCUT2D eigenvalue weighted by atomic mass is 9.94. The van der Waals surface area contributed by atoms with Crippen molar-refractivity contribution in [3.63, 3.8) is 0 Å². The third kappa shape index (κ3) is 5.41. The number of hydrogen-bond acceptors (Lipinski definition) is 2. The maximum atomic E-state index is 13.3. The smallest absolute Gasteiger partial charge is 0.407 e. The number of carbonyl (C=O) groups is 1. The molecule has 0 bridgehead atoms. The summed E-state index contributed by atoms with van der Waals surface area (Å²) in [6.45, 7) is -0.354. The number of rotatable bonds is 2. The molecule has 2 atom stereocenters. The van der Waals surface area contributed by atoms with Gasteiger partial charge < -0.3 is 10.1 Å². The first-order valence-electron chi connectivity index (χ1n) is 5.02. The van der Waals surface area contributed by atoms with Crippen molar-refractivity contribution in [3.05, 3.63) is 0 Å². The molecule has 1 amide bonds. The van der Waals surface area contributed by atoms with E-state index in [2.05, 4.69) is 10.1 Å². The summed E-state index contributed by atoms with van der Waals surface area (Å²) in [5, 5.41) is 2.43. The number of ether oxygens (including phenoxy) is 1. The van der Waals surface area contributed by atoms with Gasteiger partial charge in [0, 0.05) is 0 Å². The van der Waals surface area contributed by atoms with Crippen LogP contribution in [0.4, 0.5) is 9.18 Å². The van der Waals surface area contributed by atoms with Crippen LogP contribution in [0.1, 0.15) is 25.7 Å². The SMILES string of the molecule is O=C(N[C@@H]1CCCC[C@@H]1F)OCC(Cl)(Cl)Cl. The zero-order valence-corrected chi connectivity index (χ0v) is 10.8. The Bertz CT molecular complexity index is 247. The van der Waals surface area contributed by atoms with Gasteiger partial charge in [0.25, 0.3) is 0 Å². The molecule has 0 aromatic rings. The molecule has 0 radical (unpaired) electrons. The summed E-state index contributed by atoms with van der Waals surface area (Å²) in [4.78, 5) is 11.2. The van der Waals surface area contributed by atoms with Gasteiger partial charge in [-0.1, -0.05) is 47.6 Å². The molecule has 0 aliphatic heterocycles. The van der Waals surface area contributed by atoms with Crippen LogP contribution in [0.3, 0.4) is 0 Å². The van der Waals surface area contributed by atoms with Gasteiger partial charge in [-0.15, -0.1) is 0 Å². The number of nitrogens with one attached hydrogen (secondary N) is 1. The summed E-state index contributed by atoms with van der Waals surface area (Å²) in [6.07, 6.45) is 1.06. The molecule has 1 N–H and O–H groups in total. The van der Waals surface area contributed by atoms with Crippen molar-refractivity contribution in [2.24, 2.45) is 0 Å². The average Bonchev–Trinajstić information content (AvgIpc) is 2.18. The Hall–Kier alpha value is 0.0700. The van der Waals surface area contributed by atoms with E-state index in [9.17, 15) is 9.18 Å². The second-order valence-corrected chi connectivity index (χ2v) is 6.26. The molecule has 1 fully saturated rings. The van der Waals surface area contributed by atoms with Crippen LogP contribution < -0.4 is 5.32 Å². The highest BCUT2D eigenvalue weighted by molar-refractivity contribution is 6.67. The summed E-state index contributed by atoms with van der Waals surface area (Å²) in [5.74, 6) is 0. The van der Waals surface area contributed by atoms with Gasteiger partial charge >= 0.3 is 6.09 Å². The Kier molecular flexibility index (Phi) is 5.41. The molecule has 0 spiro atoms. The maximum absolute atomic E-state index is 13.3. The minimum absolute atomic E-state index is 0.354. The van der Waals surface area contributed by atoms with E-state index in [4.69, 9.17) is 34.8 Å². The number of hydrogen-bond donors (Lipinski definition) is 1. The number of alkyl carbamates (subject to hydrolysis) is 1. The van der Waals surface area contributed by atoms with Gasteiger partial charge in [-0.3, -0.25) is 0 Å². The quantitative estimate of drug-likeness (QED) is 0.793.